The maximum absolute atomic E-state index is 13.9. The molecule has 0 aromatic heterocycles. The second kappa shape index (κ2) is 7.77. The van der Waals surface area contributed by atoms with Crippen LogP contribution in [0.25, 0.3) is 0 Å². The lowest BCUT2D eigenvalue weighted by Gasteiger charge is -2.27. The predicted molar refractivity (Wildman–Crippen MR) is 88.3 cm³/mol. The molecule has 0 atom stereocenters. The molecule has 1 aromatic carbocycles. The van der Waals surface area contributed by atoms with E-state index in [1.54, 1.807) is 6.07 Å². The fraction of sp³-hybridized carbons (Fsp3) is 0.562. The van der Waals surface area contributed by atoms with Crippen LogP contribution in [0.2, 0.25) is 0 Å². The SMILES string of the molecule is CS(=O)(=O)N(CCCC(=O)N1CCCCC1)c1ccccc1F. The van der Waals surface area contributed by atoms with Crippen LogP contribution in [0.4, 0.5) is 10.1 Å². The van der Waals surface area contributed by atoms with Gasteiger partial charge in [-0.25, -0.2) is 12.8 Å². The number of carbonyl (C=O) groups is 1. The fourth-order valence-corrected chi connectivity index (χ4v) is 3.76. The lowest BCUT2D eigenvalue weighted by Crippen LogP contribution is -2.36. The summed E-state index contributed by atoms with van der Waals surface area (Å²) in [5.41, 5.74) is 0.0282. The van der Waals surface area contributed by atoms with Crippen LogP contribution in [0.5, 0.6) is 0 Å². The number of rotatable bonds is 6. The van der Waals surface area contributed by atoms with Gasteiger partial charge in [0.25, 0.3) is 0 Å². The van der Waals surface area contributed by atoms with E-state index in [-0.39, 0.29) is 24.6 Å². The van der Waals surface area contributed by atoms with Crippen LogP contribution in [0.15, 0.2) is 24.3 Å². The fourth-order valence-electron chi connectivity index (χ4n) is 2.79. The maximum atomic E-state index is 13.9. The van der Waals surface area contributed by atoms with Crippen molar-refractivity contribution in [1.82, 2.24) is 4.90 Å². The Balaban J connectivity index is 1.97. The van der Waals surface area contributed by atoms with Crippen LogP contribution < -0.4 is 4.31 Å². The molecule has 23 heavy (non-hydrogen) atoms. The first-order valence-electron chi connectivity index (χ1n) is 7.89. The van der Waals surface area contributed by atoms with Crippen molar-refractivity contribution in [3.63, 3.8) is 0 Å². The van der Waals surface area contributed by atoms with Crippen molar-refractivity contribution in [3.8, 4) is 0 Å². The number of piperidine rings is 1. The molecule has 0 aliphatic carbocycles. The second-order valence-electron chi connectivity index (χ2n) is 5.83. The first-order chi connectivity index (χ1) is 10.9. The first kappa shape index (κ1) is 17.7. The molecule has 0 bridgehead atoms. The van der Waals surface area contributed by atoms with Crippen molar-refractivity contribution in [3.05, 3.63) is 30.1 Å². The van der Waals surface area contributed by atoms with Crippen LogP contribution in [0.1, 0.15) is 32.1 Å². The summed E-state index contributed by atoms with van der Waals surface area (Å²) in [6.07, 6.45) is 4.90. The molecular formula is C16H23FN2O3S. The zero-order valence-corrected chi connectivity index (χ0v) is 14.2. The zero-order chi connectivity index (χ0) is 16.9. The predicted octanol–water partition coefficient (Wildman–Crippen LogP) is 2.38. The highest BCUT2D eigenvalue weighted by Crippen LogP contribution is 2.22. The van der Waals surface area contributed by atoms with Gasteiger partial charge >= 0.3 is 0 Å². The van der Waals surface area contributed by atoms with E-state index in [4.69, 9.17) is 0 Å². The Kier molecular flexibility index (Phi) is 5.98. The Labute approximate surface area is 137 Å². The quantitative estimate of drug-likeness (QED) is 0.797. The van der Waals surface area contributed by atoms with Gasteiger partial charge in [-0.1, -0.05) is 12.1 Å². The Morgan fingerprint density at radius 2 is 1.87 bits per heavy atom. The van der Waals surface area contributed by atoms with E-state index < -0.39 is 15.8 Å². The van der Waals surface area contributed by atoms with E-state index >= 15 is 0 Å². The van der Waals surface area contributed by atoms with Gasteiger partial charge < -0.3 is 4.90 Å². The molecule has 0 saturated carbocycles. The Hall–Kier alpha value is -1.63. The maximum Gasteiger partial charge on any atom is 0.232 e. The molecule has 1 fully saturated rings. The Morgan fingerprint density at radius 3 is 2.48 bits per heavy atom. The molecule has 1 amide bonds. The topological polar surface area (TPSA) is 57.7 Å². The van der Waals surface area contributed by atoms with Crippen molar-refractivity contribution in [2.75, 3.05) is 30.2 Å². The second-order valence-corrected chi connectivity index (χ2v) is 7.74. The summed E-state index contributed by atoms with van der Waals surface area (Å²) < 4.78 is 38.7. The zero-order valence-electron chi connectivity index (χ0n) is 13.4. The summed E-state index contributed by atoms with van der Waals surface area (Å²) >= 11 is 0. The average molecular weight is 342 g/mol. The van der Waals surface area contributed by atoms with Gasteiger partial charge in [-0.3, -0.25) is 9.10 Å². The molecule has 1 saturated heterocycles. The number of benzene rings is 1. The van der Waals surface area contributed by atoms with Crippen molar-refractivity contribution in [1.29, 1.82) is 0 Å². The lowest BCUT2D eigenvalue weighted by atomic mass is 10.1. The molecule has 1 aliphatic heterocycles. The number of halogens is 1. The molecule has 0 N–H and O–H groups in total. The van der Waals surface area contributed by atoms with E-state index in [1.165, 1.54) is 18.2 Å². The van der Waals surface area contributed by atoms with Crippen LogP contribution in [-0.2, 0) is 14.8 Å². The molecule has 1 aromatic rings. The molecular weight excluding hydrogens is 319 g/mol. The van der Waals surface area contributed by atoms with Crippen molar-refractivity contribution in [2.24, 2.45) is 0 Å². The van der Waals surface area contributed by atoms with Crippen molar-refractivity contribution in [2.45, 2.75) is 32.1 Å². The van der Waals surface area contributed by atoms with Gasteiger partial charge in [-0.05, 0) is 37.8 Å². The summed E-state index contributed by atoms with van der Waals surface area (Å²) in [5.74, 6) is -0.535. The standard InChI is InChI=1S/C16H23FN2O3S/c1-23(21,22)19(15-9-4-3-8-14(15)17)13-7-10-16(20)18-11-5-2-6-12-18/h3-4,8-9H,2,5-7,10-13H2,1H3. The number of hydrogen-bond acceptors (Lipinski definition) is 3. The van der Waals surface area contributed by atoms with Gasteiger partial charge in [0.15, 0.2) is 0 Å². The Morgan fingerprint density at radius 1 is 1.22 bits per heavy atom. The minimum Gasteiger partial charge on any atom is -0.343 e. The Bertz CT molecular complexity index is 642. The van der Waals surface area contributed by atoms with Crippen molar-refractivity contribution >= 4 is 21.6 Å². The minimum atomic E-state index is -3.59. The highest BCUT2D eigenvalue weighted by molar-refractivity contribution is 7.92. The number of carbonyl (C=O) groups excluding carboxylic acids is 1. The van der Waals surface area contributed by atoms with Crippen LogP contribution >= 0.6 is 0 Å². The third kappa shape index (κ3) is 4.92. The largest absolute Gasteiger partial charge is 0.343 e. The van der Waals surface area contributed by atoms with E-state index in [2.05, 4.69) is 0 Å². The summed E-state index contributed by atoms with van der Waals surface area (Å²) in [7, 11) is -3.59. The number of hydrogen-bond donors (Lipinski definition) is 0. The lowest BCUT2D eigenvalue weighted by molar-refractivity contribution is -0.132. The normalized spacial score (nSPS) is 15.5. The third-order valence-electron chi connectivity index (χ3n) is 3.98. The van der Waals surface area contributed by atoms with Gasteiger partial charge in [-0.15, -0.1) is 0 Å². The number of likely N-dealkylation sites (tertiary alicyclic amines) is 1. The monoisotopic (exact) mass is 342 g/mol. The molecule has 1 aliphatic rings. The van der Waals surface area contributed by atoms with Gasteiger partial charge in [0.05, 0.1) is 11.9 Å². The van der Waals surface area contributed by atoms with E-state index in [0.29, 0.717) is 6.42 Å². The number of nitrogens with zero attached hydrogens (tertiary/aromatic N) is 2. The van der Waals surface area contributed by atoms with Gasteiger partial charge in [0.1, 0.15) is 5.82 Å². The van der Waals surface area contributed by atoms with Crippen LogP contribution in [0, 0.1) is 5.82 Å². The molecule has 128 valence electrons. The van der Waals surface area contributed by atoms with E-state index in [1.807, 2.05) is 4.90 Å². The molecule has 7 heteroatoms. The number of amides is 1. The number of anilines is 1. The molecule has 2 rings (SSSR count). The average Bonchev–Trinajstić information content (AvgIpc) is 2.52. The van der Waals surface area contributed by atoms with Gasteiger partial charge in [0, 0.05) is 26.1 Å². The van der Waals surface area contributed by atoms with Crippen LogP contribution in [0.3, 0.4) is 0 Å². The first-order valence-corrected chi connectivity index (χ1v) is 9.74. The smallest absolute Gasteiger partial charge is 0.232 e. The van der Waals surface area contributed by atoms with Crippen LogP contribution in [-0.4, -0.2) is 45.1 Å². The summed E-state index contributed by atoms with van der Waals surface area (Å²) in [4.78, 5) is 13.9. The van der Waals surface area contributed by atoms with E-state index in [9.17, 15) is 17.6 Å². The highest BCUT2D eigenvalue weighted by Gasteiger charge is 2.21. The molecule has 0 unspecified atom stereocenters. The third-order valence-corrected chi connectivity index (χ3v) is 5.16. The van der Waals surface area contributed by atoms with Gasteiger partial charge in [0.2, 0.25) is 15.9 Å². The molecule has 5 nitrogen and oxygen atoms in total. The molecule has 0 spiro atoms. The summed E-state index contributed by atoms with van der Waals surface area (Å²) in [5, 5.41) is 0. The van der Waals surface area contributed by atoms with E-state index in [0.717, 1.165) is 42.9 Å². The van der Waals surface area contributed by atoms with Gasteiger partial charge in [-0.2, -0.15) is 0 Å². The van der Waals surface area contributed by atoms with Crippen molar-refractivity contribution < 1.29 is 17.6 Å². The minimum absolute atomic E-state index is 0.0282. The summed E-state index contributed by atoms with van der Waals surface area (Å²) in [6.45, 7) is 1.66. The summed E-state index contributed by atoms with van der Waals surface area (Å²) in [6, 6.07) is 5.77. The number of para-hydroxylation sites is 1. The number of sulfonamides is 1. The molecule has 1 heterocycles. The molecule has 0 radical (unpaired) electrons. The highest BCUT2D eigenvalue weighted by atomic mass is 32.2.